The molecule has 0 aliphatic heterocycles. The van der Waals surface area contributed by atoms with E-state index < -0.39 is 27.3 Å². The van der Waals surface area contributed by atoms with Crippen molar-refractivity contribution in [2.24, 2.45) is 0 Å². The molecule has 0 heterocycles. The predicted octanol–water partition coefficient (Wildman–Crippen LogP) is 0.656. The van der Waals surface area contributed by atoms with Gasteiger partial charge in [-0.2, -0.15) is 0 Å². The summed E-state index contributed by atoms with van der Waals surface area (Å²) in [6.45, 7) is 0. The van der Waals surface area contributed by atoms with Crippen molar-refractivity contribution in [3.63, 3.8) is 0 Å². The van der Waals surface area contributed by atoms with Crippen molar-refractivity contribution in [2.45, 2.75) is 21.1 Å². The first-order valence-corrected chi connectivity index (χ1v) is 13.2. The molecule has 0 aromatic rings. The molecule has 0 aromatic heterocycles. The van der Waals surface area contributed by atoms with Crippen LogP contribution in [0.1, 0.15) is 0 Å². The van der Waals surface area contributed by atoms with Crippen LogP contribution in [-0.2, 0) is 7.48 Å². The van der Waals surface area contributed by atoms with Crippen LogP contribution in [0.15, 0.2) is 0 Å². The number of rotatable bonds is 2. The first-order chi connectivity index (χ1) is 3.71. The van der Waals surface area contributed by atoms with E-state index in [1.165, 1.54) is 5.71 Å². The van der Waals surface area contributed by atoms with Crippen LogP contribution in [0.2, 0.25) is 21.1 Å². The summed E-state index contributed by atoms with van der Waals surface area (Å²) in [5.74, 6) is 0. The van der Waals surface area contributed by atoms with E-state index in [1.807, 2.05) is 0 Å². The molecular formula is C4H12As2O3. The topological polar surface area (TPSA) is 54.4 Å². The molecule has 0 fully saturated rings. The quantitative estimate of drug-likeness (QED) is 0.740. The molecule has 0 aliphatic carbocycles. The van der Waals surface area contributed by atoms with Gasteiger partial charge in [-0.3, -0.25) is 0 Å². The maximum absolute atomic E-state index is 11.0. The molecule has 0 bridgehead atoms. The zero-order valence-corrected chi connectivity index (χ0v) is 9.62. The van der Waals surface area contributed by atoms with Gasteiger partial charge in [-0.25, -0.2) is 0 Å². The van der Waals surface area contributed by atoms with Gasteiger partial charge in [0.2, 0.25) is 0 Å². The second-order valence-electron chi connectivity index (χ2n) is 2.77. The van der Waals surface area contributed by atoms with Gasteiger partial charge in [-0.1, -0.05) is 0 Å². The summed E-state index contributed by atoms with van der Waals surface area (Å²) in [5.41, 5.74) is 4.48. The van der Waals surface area contributed by atoms with Crippen LogP contribution < -0.4 is 0 Å². The van der Waals surface area contributed by atoms with Crippen molar-refractivity contribution < 1.29 is 11.6 Å². The Hall–Kier alpha value is 0.677. The molecule has 9 heavy (non-hydrogen) atoms. The van der Waals surface area contributed by atoms with E-state index in [0.29, 0.717) is 0 Å². The fraction of sp³-hybridized carbons (Fsp3) is 1.00. The van der Waals surface area contributed by atoms with Crippen LogP contribution in [0.3, 0.4) is 0 Å². The van der Waals surface area contributed by atoms with Crippen LogP contribution >= 0.6 is 0 Å². The SMILES string of the molecule is C[As](C)(=O)C[As](C)(=O)O. The van der Waals surface area contributed by atoms with E-state index in [0.717, 1.165) is 0 Å². The second kappa shape index (κ2) is 2.73. The van der Waals surface area contributed by atoms with Crippen molar-refractivity contribution in [1.29, 1.82) is 0 Å². The maximum atomic E-state index is 11.0. The molecule has 0 aromatic carbocycles. The minimum absolute atomic E-state index is 0.0799. The van der Waals surface area contributed by atoms with Crippen LogP contribution in [0.25, 0.3) is 0 Å². The molecule has 0 amide bonds. The average Bonchev–Trinajstić information content (AvgIpc) is 1.14. The summed E-state index contributed by atoms with van der Waals surface area (Å²) < 4.78 is 30.6. The standard InChI is InChI=1S/C4H12As2O3/c1-5(2,7)4-6(3,8)9/h4H2,1-3H3,(H,8,9). The fourth-order valence-electron chi connectivity index (χ4n) is 0.632. The van der Waals surface area contributed by atoms with Crippen LogP contribution in [0.4, 0.5) is 0 Å². The summed E-state index contributed by atoms with van der Waals surface area (Å²) in [4.78, 5) is 0. The van der Waals surface area contributed by atoms with Gasteiger partial charge in [-0.15, -0.1) is 0 Å². The van der Waals surface area contributed by atoms with Crippen molar-refractivity contribution in [3.8, 4) is 0 Å². The first-order valence-electron chi connectivity index (χ1n) is 2.54. The van der Waals surface area contributed by atoms with Gasteiger partial charge >= 0.3 is 60.0 Å². The van der Waals surface area contributed by atoms with Gasteiger partial charge in [0, 0.05) is 0 Å². The Kier molecular flexibility index (Phi) is 2.94. The normalized spacial score (nSPS) is 19.1. The Balaban J connectivity index is 4.07. The molecule has 0 rings (SSSR count). The third kappa shape index (κ3) is 8.68. The second-order valence-corrected chi connectivity index (χ2v) is 17.5. The van der Waals surface area contributed by atoms with E-state index in [2.05, 4.69) is 0 Å². The fourth-order valence-corrected chi connectivity index (χ4v) is 17.1. The van der Waals surface area contributed by atoms with Gasteiger partial charge in [0.1, 0.15) is 0 Å². The molecule has 1 N–H and O–H groups in total. The Labute approximate surface area is 60.2 Å². The van der Waals surface area contributed by atoms with Crippen molar-refractivity contribution in [3.05, 3.63) is 0 Å². The van der Waals surface area contributed by atoms with E-state index >= 15 is 0 Å². The van der Waals surface area contributed by atoms with Gasteiger partial charge in [0.15, 0.2) is 0 Å². The first kappa shape index (κ1) is 9.68. The summed E-state index contributed by atoms with van der Waals surface area (Å²) in [6, 6.07) is 0. The van der Waals surface area contributed by atoms with Crippen LogP contribution in [0, 0.1) is 0 Å². The van der Waals surface area contributed by atoms with E-state index in [1.54, 1.807) is 11.4 Å². The molecule has 5 heteroatoms. The molecule has 0 saturated carbocycles. The zero-order valence-electron chi connectivity index (χ0n) is 5.87. The van der Waals surface area contributed by atoms with E-state index in [-0.39, 0.29) is 4.00 Å². The van der Waals surface area contributed by atoms with Gasteiger partial charge in [0.05, 0.1) is 0 Å². The Morgan fingerprint density at radius 1 is 1.22 bits per heavy atom. The average molecular weight is 258 g/mol. The molecule has 3 nitrogen and oxygen atoms in total. The van der Waals surface area contributed by atoms with Crippen LogP contribution in [-0.4, -0.2) is 31.4 Å². The number of hydrogen-bond acceptors (Lipinski definition) is 2. The van der Waals surface area contributed by atoms with Gasteiger partial charge in [-0.05, 0) is 0 Å². The third-order valence-corrected chi connectivity index (χ3v) is 16.3. The summed E-state index contributed by atoms with van der Waals surface area (Å²) in [7, 11) is 0. The predicted molar refractivity (Wildman–Crippen MR) is 37.5 cm³/mol. The molecule has 0 radical (unpaired) electrons. The van der Waals surface area contributed by atoms with E-state index in [9.17, 15) is 7.48 Å². The molecule has 0 aliphatic rings. The summed E-state index contributed by atoms with van der Waals surface area (Å²) in [6.07, 6.45) is 0. The zero-order chi connectivity index (χ0) is 7.71. The molecule has 0 spiro atoms. The van der Waals surface area contributed by atoms with Crippen molar-refractivity contribution in [2.75, 3.05) is 0 Å². The Bertz CT molecular complexity index is 154. The Morgan fingerprint density at radius 2 is 1.56 bits per heavy atom. The van der Waals surface area contributed by atoms with Crippen LogP contribution in [0.5, 0.6) is 0 Å². The monoisotopic (exact) mass is 258 g/mol. The third-order valence-electron chi connectivity index (χ3n) is 0.603. The molecule has 0 saturated heterocycles. The minimum atomic E-state index is -3.58. The van der Waals surface area contributed by atoms with E-state index in [4.69, 9.17) is 4.10 Å². The van der Waals surface area contributed by atoms with Crippen molar-refractivity contribution in [1.82, 2.24) is 0 Å². The van der Waals surface area contributed by atoms with Gasteiger partial charge < -0.3 is 0 Å². The molecule has 1 atom stereocenters. The molecular weight excluding hydrogens is 246 g/mol. The summed E-state index contributed by atoms with van der Waals surface area (Å²) >= 11 is -6.41. The Morgan fingerprint density at radius 3 is 1.56 bits per heavy atom. The molecule has 1 unspecified atom stereocenters. The molecule has 56 valence electrons. The van der Waals surface area contributed by atoms with Gasteiger partial charge in [0.25, 0.3) is 0 Å². The van der Waals surface area contributed by atoms with Crippen molar-refractivity contribution >= 4 is 27.3 Å². The summed E-state index contributed by atoms with van der Waals surface area (Å²) in [5, 5.41) is 0. The number of hydrogen-bond donors (Lipinski definition) is 1.